The molecule has 3 unspecified atom stereocenters. The number of rotatable bonds is 5. The molecule has 1 amide bonds. The van der Waals surface area contributed by atoms with E-state index in [0.29, 0.717) is 28.4 Å². The topological polar surface area (TPSA) is 80.0 Å². The molecule has 0 radical (unpaired) electrons. The second-order valence-electron chi connectivity index (χ2n) is 6.50. The first-order valence-corrected chi connectivity index (χ1v) is 8.51. The second kappa shape index (κ2) is 6.64. The monoisotopic (exact) mass is 310 g/mol. The van der Waals surface area contributed by atoms with Gasteiger partial charge in [0.2, 0.25) is 0 Å². The summed E-state index contributed by atoms with van der Waals surface area (Å²) in [7, 11) is 0. The first kappa shape index (κ1) is 16.1. The molecule has 1 heterocycles. The number of thiazole rings is 1. The fraction of sp³-hybridized carbons (Fsp3) is 0.733. The highest BCUT2D eigenvalue weighted by Crippen LogP contribution is 2.32. The number of nitrogens with two attached hydrogens (primary N) is 1. The van der Waals surface area contributed by atoms with E-state index in [0.717, 1.165) is 18.1 Å². The van der Waals surface area contributed by atoms with Gasteiger partial charge in [-0.1, -0.05) is 39.0 Å². The van der Waals surface area contributed by atoms with Gasteiger partial charge in [-0.05, 0) is 30.6 Å². The van der Waals surface area contributed by atoms with Gasteiger partial charge >= 0.3 is 0 Å². The third-order valence-corrected chi connectivity index (χ3v) is 5.33. The van der Waals surface area contributed by atoms with Crippen LogP contribution in [0.4, 0.5) is 10.9 Å². The molecule has 0 spiro atoms. The zero-order valence-corrected chi connectivity index (χ0v) is 14.1. The normalized spacial score (nSPS) is 25.3. The summed E-state index contributed by atoms with van der Waals surface area (Å²) in [5, 5.41) is 7.06. The summed E-state index contributed by atoms with van der Waals surface area (Å²) in [6.07, 6.45) is 2.22. The summed E-state index contributed by atoms with van der Waals surface area (Å²) >= 11 is 1.34. The van der Waals surface area contributed by atoms with Crippen molar-refractivity contribution in [3.8, 4) is 0 Å². The van der Waals surface area contributed by atoms with Crippen LogP contribution in [-0.4, -0.2) is 23.5 Å². The molecule has 2 rings (SSSR count). The van der Waals surface area contributed by atoms with Crippen LogP contribution in [0.3, 0.4) is 0 Å². The maximum atomic E-state index is 12.4. The van der Waals surface area contributed by atoms with Crippen LogP contribution < -0.4 is 16.4 Å². The number of anilines is 2. The van der Waals surface area contributed by atoms with E-state index in [9.17, 15) is 4.79 Å². The van der Waals surface area contributed by atoms with Crippen molar-refractivity contribution in [1.82, 2.24) is 10.3 Å². The van der Waals surface area contributed by atoms with E-state index in [4.69, 9.17) is 5.73 Å². The van der Waals surface area contributed by atoms with Crippen molar-refractivity contribution in [1.29, 1.82) is 0 Å². The second-order valence-corrected chi connectivity index (χ2v) is 7.50. The van der Waals surface area contributed by atoms with Gasteiger partial charge in [0.1, 0.15) is 10.7 Å². The Morgan fingerprint density at radius 3 is 2.71 bits per heavy atom. The van der Waals surface area contributed by atoms with Crippen molar-refractivity contribution in [2.45, 2.75) is 46.6 Å². The van der Waals surface area contributed by atoms with Gasteiger partial charge in [-0.3, -0.25) is 4.79 Å². The van der Waals surface area contributed by atoms with Crippen molar-refractivity contribution in [3.63, 3.8) is 0 Å². The number of nitrogen functional groups attached to an aromatic ring is 1. The number of carbonyl (C=O) groups excluding carboxylic acids is 1. The smallest absolute Gasteiger partial charge is 0.265 e. The molecule has 0 saturated heterocycles. The van der Waals surface area contributed by atoms with Gasteiger partial charge in [0.05, 0.1) is 0 Å². The summed E-state index contributed by atoms with van der Waals surface area (Å²) in [5.41, 5.74) is 5.88. The Hall–Kier alpha value is -1.30. The predicted molar refractivity (Wildman–Crippen MR) is 88.7 cm³/mol. The molecule has 1 aromatic heterocycles. The zero-order valence-electron chi connectivity index (χ0n) is 13.3. The Bertz CT molecular complexity index is 500. The van der Waals surface area contributed by atoms with E-state index >= 15 is 0 Å². The molecule has 1 fully saturated rings. The molecule has 4 N–H and O–H groups in total. The average molecular weight is 310 g/mol. The van der Waals surface area contributed by atoms with Crippen LogP contribution in [0.2, 0.25) is 0 Å². The Balaban J connectivity index is 1.99. The first-order valence-electron chi connectivity index (χ1n) is 7.69. The lowest BCUT2D eigenvalue weighted by Crippen LogP contribution is -2.37. The lowest BCUT2D eigenvalue weighted by molar-refractivity contribution is 0.0932. The van der Waals surface area contributed by atoms with E-state index in [2.05, 4.69) is 43.3 Å². The molecule has 0 aromatic carbocycles. The van der Waals surface area contributed by atoms with Crippen molar-refractivity contribution in [3.05, 3.63) is 4.88 Å². The van der Waals surface area contributed by atoms with E-state index in [1.165, 1.54) is 17.8 Å². The van der Waals surface area contributed by atoms with Crippen LogP contribution in [0.15, 0.2) is 0 Å². The lowest BCUT2D eigenvalue weighted by atomic mass is 9.98. The molecule has 5 nitrogen and oxygen atoms in total. The average Bonchev–Trinajstić information content (AvgIpc) is 2.94. The molecule has 1 aliphatic rings. The molecule has 118 valence electrons. The lowest BCUT2D eigenvalue weighted by Gasteiger charge is -2.19. The minimum absolute atomic E-state index is 0.0893. The maximum absolute atomic E-state index is 12.4. The molecule has 1 saturated carbocycles. The summed E-state index contributed by atoms with van der Waals surface area (Å²) in [4.78, 5) is 17.1. The summed E-state index contributed by atoms with van der Waals surface area (Å²) < 4.78 is 0. The highest BCUT2D eigenvalue weighted by molar-refractivity contribution is 7.18. The van der Waals surface area contributed by atoms with E-state index in [-0.39, 0.29) is 11.9 Å². The van der Waals surface area contributed by atoms with Crippen LogP contribution in [-0.2, 0) is 0 Å². The SMILES string of the molecule is CC(C)CNc1nc(N)c(C(=O)NC2CCC(C)C2C)s1. The van der Waals surface area contributed by atoms with Crippen LogP contribution in [0.5, 0.6) is 0 Å². The van der Waals surface area contributed by atoms with Crippen molar-refractivity contribution in [2.24, 2.45) is 17.8 Å². The molecule has 1 aliphatic carbocycles. The number of aromatic nitrogens is 1. The quantitative estimate of drug-likeness (QED) is 0.781. The third kappa shape index (κ3) is 3.87. The fourth-order valence-corrected chi connectivity index (χ4v) is 3.46. The van der Waals surface area contributed by atoms with Gasteiger partial charge in [-0.15, -0.1) is 0 Å². The summed E-state index contributed by atoms with van der Waals surface area (Å²) in [6, 6.07) is 0.251. The van der Waals surface area contributed by atoms with Crippen molar-refractivity contribution in [2.75, 3.05) is 17.6 Å². The first-order chi connectivity index (χ1) is 9.88. The highest BCUT2D eigenvalue weighted by atomic mass is 32.1. The van der Waals surface area contributed by atoms with Crippen LogP contribution in [0, 0.1) is 17.8 Å². The zero-order chi connectivity index (χ0) is 15.6. The Morgan fingerprint density at radius 1 is 1.43 bits per heavy atom. The van der Waals surface area contributed by atoms with Gasteiger partial charge in [0.25, 0.3) is 5.91 Å². The molecule has 0 bridgehead atoms. The predicted octanol–water partition coefficient (Wildman–Crippen LogP) is 2.96. The molecule has 6 heteroatoms. The Labute approximate surface area is 130 Å². The van der Waals surface area contributed by atoms with E-state index < -0.39 is 0 Å². The third-order valence-electron chi connectivity index (χ3n) is 4.30. The van der Waals surface area contributed by atoms with Gasteiger partial charge in [-0.2, -0.15) is 0 Å². The molecule has 1 aromatic rings. The number of hydrogen-bond donors (Lipinski definition) is 3. The van der Waals surface area contributed by atoms with Crippen LogP contribution >= 0.6 is 11.3 Å². The van der Waals surface area contributed by atoms with Crippen LogP contribution in [0.25, 0.3) is 0 Å². The van der Waals surface area contributed by atoms with Gasteiger partial charge < -0.3 is 16.4 Å². The number of hydrogen-bond acceptors (Lipinski definition) is 5. The summed E-state index contributed by atoms with van der Waals surface area (Å²) in [6.45, 7) is 9.52. The maximum Gasteiger partial charge on any atom is 0.265 e. The molecule has 3 atom stereocenters. The standard InChI is InChI=1S/C15H26N4OS/c1-8(2)7-17-15-19-13(16)12(21-15)14(20)18-11-6-5-9(3)10(11)4/h8-11H,5-7,16H2,1-4H3,(H,17,19)(H,18,20). The van der Waals surface area contributed by atoms with E-state index in [1.807, 2.05) is 0 Å². The van der Waals surface area contributed by atoms with Crippen molar-refractivity contribution < 1.29 is 4.79 Å². The summed E-state index contributed by atoms with van der Waals surface area (Å²) in [5.74, 6) is 1.93. The molecular formula is C15H26N4OS. The molecule has 0 aliphatic heterocycles. The molecular weight excluding hydrogens is 284 g/mol. The van der Waals surface area contributed by atoms with Gasteiger partial charge in [0.15, 0.2) is 5.13 Å². The number of nitrogens with one attached hydrogen (secondary N) is 2. The van der Waals surface area contributed by atoms with E-state index in [1.54, 1.807) is 0 Å². The number of carbonyl (C=O) groups is 1. The fourth-order valence-electron chi connectivity index (χ4n) is 2.66. The minimum atomic E-state index is -0.0893. The Morgan fingerprint density at radius 2 is 2.14 bits per heavy atom. The largest absolute Gasteiger partial charge is 0.382 e. The van der Waals surface area contributed by atoms with Gasteiger partial charge in [-0.25, -0.2) is 4.98 Å². The highest BCUT2D eigenvalue weighted by Gasteiger charge is 2.31. The molecule has 21 heavy (non-hydrogen) atoms. The van der Waals surface area contributed by atoms with Crippen molar-refractivity contribution >= 4 is 28.2 Å². The number of amides is 1. The van der Waals surface area contributed by atoms with Gasteiger partial charge in [0, 0.05) is 12.6 Å². The van der Waals surface area contributed by atoms with Crippen LogP contribution in [0.1, 0.15) is 50.2 Å². The number of nitrogens with zero attached hydrogens (tertiary/aromatic N) is 1. The Kier molecular flexibility index (Phi) is 5.08. The minimum Gasteiger partial charge on any atom is -0.382 e.